The first-order valence-electron chi connectivity index (χ1n) is 6.74. The summed E-state index contributed by atoms with van der Waals surface area (Å²) in [6.07, 6.45) is 0.719. The molecule has 1 amide bonds. The van der Waals surface area contributed by atoms with Gasteiger partial charge < -0.3 is 20.5 Å². The van der Waals surface area contributed by atoms with Gasteiger partial charge in [0, 0.05) is 25.9 Å². The lowest BCUT2D eigenvalue weighted by Gasteiger charge is -2.09. The first kappa shape index (κ1) is 17.5. The molecule has 0 aliphatic carbocycles. The molecular formula is C14H22N2O4S. The lowest BCUT2D eigenvalue weighted by atomic mass is 10.3. The summed E-state index contributed by atoms with van der Waals surface area (Å²) in [5.74, 6) is 0.202. The average molecular weight is 314 g/mol. The Bertz CT molecular complexity index is 494. The third-order valence-electron chi connectivity index (χ3n) is 2.65. The van der Waals surface area contributed by atoms with Crippen LogP contribution in [0.15, 0.2) is 23.1 Å². The number of nitrogens with one attached hydrogen (secondary N) is 1. The zero-order chi connectivity index (χ0) is 15.7. The van der Waals surface area contributed by atoms with Gasteiger partial charge >= 0.3 is 0 Å². The van der Waals surface area contributed by atoms with E-state index < -0.39 is 10.8 Å². The molecule has 1 rings (SSSR count). The molecule has 118 valence electrons. The molecule has 0 radical (unpaired) electrons. The van der Waals surface area contributed by atoms with Crippen LogP contribution in [0.25, 0.3) is 0 Å². The molecule has 0 fully saturated rings. The first-order chi connectivity index (χ1) is 10.1. The van der Waals surface area contributed by atoms with Crippen molar-refractivity contribution >= 4 is 22.4 Å². The second-order valence-electron chi connectivity index (χ2n) is 4.32. The Hall–Kier alpha value is -1.60. The van der Waals surface area contributed by atoms with Gasteiger partial charge in [-0.05, 0) is 31.5 Å². The van der Waals surface area contributed by atoms with E-state index in [1.54, 1.807) is 25.3 Å². The number of rotatable bonds is 9. The van der Waals surface area contributed by atoms with Crippen molar-refractivity contribution in [2.24, 2.45) is 0 Å². The molecule has 1 aromatic rings. The van der Waals surface area contributed by atoms with E-state index in [-0.39, 0.29) is 11.7 Å². The lowest BCUT2D eigenvalue weighted by Crippen LogP contribution is -2.29. The van der Waals surface area contributed by atoms with Crippen LogP contribution in [0, 0.1) is 0 Å². The standard InChI is InChI=1S/C14H22N2O4S/c1-3-20-11-5-6-12(15)13(9-11)21(18)10-14(17)16-7-4-8-19-2/h5-6,9H,3-4,7-8,10,15H2,1-2H3,(H,16,17). The van der Waals surface area contributed by atoms with Crippen molar-refractivity contribution < 1.29 is 18.5 Å². The number of benzene rings is 1. The predicted octanol–water partition coefficient (Wildman–Crippen LogP) is 0.928. The third-order valence-corrected chi connectivity index (χ3v) is 4.02. The van der Waals surface area contributed by atoms with Crippen LogP contribution in [0.4, 0.5) is 5.69 Å². The Morgan fingerprint density at radius 2 is 2.19 bits per heavy atom. The van der Waals surface area contributed by atoms with E-state index in [1.165, 1.54) is 0 Å². The van der Waals surface area contributed by atoms with Crippen LogP contribution in [0.3, 0.4) is 0 Å². The molecular weight excluding hydrogens is 292 g/mol. The summed E-state index contributed by atoms with van der Waals surface area (Å²) in [5, 5.41) is 2.69. The zero-order valence-corrected chi connectivity index (χ0v) is 13.2. The highest BCUT2D eigenvalue weighted by Crippen LogP contribution is 2.23. The van der Waals surface area contributed by atoms with E-state index in [0.29, 0.717) is 36.1 Å². The Balaban J connectivity index is 2.58. The molecule has 0 saturated carbocycles. The Kier molecular flexibility index (Phi) is 7.78. The smallest absolute Gasteiger partial charge is 0.233 e. The summed E-state index contributed by atoms with van der Waals surface area (Å²) < 4.78 is 22.4. The highest BCUT2D eigenvalue weighted by Gasteiger charge is 2.13. The molecule has 0 aliphatic rings. The van der Waals surface area contributed by atoms with E-state index in [4.69, 9.17) is 15.2 Å². The largest absolute Gasteiger partial charge is 0.494 e. The van der Waals surface area contributed by atoms with Gasteiger partial charge in [0.2, 0.25) is 5.91 Å². The maximum Gasteiger partial charge on any atom is 0.233 e. The van der Waals surface area contributed by atoms with E-state index in [1.807, 2.05) is 6.92 Å². The van der Waals surface area contributed by atoms with Crippen LogP contribution in [-0.4, -0.2) is 42.7 Å². The number of carbonyl (C=O) groups is 1. The zero-order valence-electron chi connectivity index (χ0n) is 12.4. The van der Waals surface area contributed by atoms with Crippen molar-refractivity contribution in [2.45, 2.75) is 18.2 Å². The molecule has 0 bridgehead atoms. The SMILES string of the molecule is CCOc1ccc(N)c(S(=O)CC(=O)NCCCOC)c1. The van der Waals surface area contributed by atoms with Gasteiger partial charge in [0.15, 0.2) is 0 Å². The normalized spacial score (nSPS) is 11.9. The maximum atomic E-state index is 12.2. The highest BCUT2D eigenvalue weighted by molar-refractivity contribution is 7.86. The molecule has 1 unspecified atom stereocenters. The Morgan fingerprint density at radius 1 is 1.43 bits per heavy atom. The maximum absolute atomic E-state index is 12.2. The summed E-state index contributed by atoms with van der Waals surface area (Å²) in [6.45, 7) is 3.45. The Morgan fingerprint density at radius 3 is 2.86 bits per heavy atom. The molecule has 1 atom stereocenters. The number of ether oxygens (including phenoxy) is 2. The van der Waals surface area contributed by atoms with Gasteiger partial charge in [-0.25, -0.2) is 0 Å². The lowest BCUT2D eigenvalue weighted by molar-refractivity contribution is -0.118. The van der Waals surface area contributed by atoms with Crippen LogP contribution < -0.4 is 15.8 Å². The second kappa shape index (κ2) is 9.36. The fourth-order valence-electron chi connectivity index (χ4n) is 1.66. The van der Waals surface area contributed by atoms with E-state index >= 15 is 0 Å². The van der Waals surface area contributed by atoms with Crippen molar-refractivity contribution in [3.8, 4) is 5.75 Å². The van der Waals surface area contributed by atoms with E-state index in [9.17, 15) is 9.00 Å². The summed E-state index contributed by atoms with van der Waals surface area (Å²) in [5.41, 5.74) is 6.20. The minimum absolute atomic E-state index is 0.118. The molecule has 0 aromatic heterocycles. The molecule has 0 heterocycles. The van der Waals surface area contributed by atoms with Crippen LogP contribution in [-0.2, 0) is 20.3 Å². The molecule has 3 N–H and O–H groups in total. The molecule has 0 saturated heterocycles. The monoisotopic (exact) mass is 314 g/mol. The van der Waals surface area contributed by atoms with Gasteiger partial charge in [-0.2, -0.15) is 0 Å². The summed E-state index contributed by atoms with van der Waals surface area (Å²) in [6, 6.07) is 4.96. The quantitative estimate of drug-likeness (QED) is 0.523. The minimum Gasteiger partial charge on any atom is -0.494 e. The summed E-state index contributed by atoms with van der Waals surface area (Å²) in [7, 11) is 0.108. The molecule has 0 aliphatic heterocycles. The average Bonchev–Trinajstić information content (AvgIpc) is 2.46. The highest BCUT2D eigenvalue weighted by atomic mass is 32.2. The van der Waals surface area contributed by atoms with Gasteiger partial charge in [0.25, 0.3) is 0 Å². The molecule has 1 aromatic carbocycles. The van der Waals surface area contributed by atoms with Gasteiger partial charge in [0.05, 0.1) is 22.3 Å². The van der Waals surface area contributed by atoms with Gasteiger partial charge in [-0.15, -0.1) is 0 Å². The fourth-order valence-corrected chi connectivity index (χ4v) is 2.73. The number of hydrogen-bond acceptors (Lipinski definition) is 5. The van der Waals surface area contributed by atoms with Gasteiger partial charge in [0.1, 0.15) is 11.5 Å². The van der Waals surface area contributed by atoms with Crippen LogP contribution in [0.5, 0.6) is 5.75 Å². The molecule has 21 heavy (non-hydrogen) atoms. The number of nitrogens with two attached hydrogens (primary N) is 1. The van der Waals surface area contributed by atoms with Crippen molar-refractivity contribution in [2.75, 3.05) is 38.4 Å². The minimum atomic E-state index is -1.49. The summed E-state index contributed by atoms with van der Waals surface area (Å²) in [4.78, 5) is 12.1. The van der Waals surface area contributed by atoms with Gasteiger partial charge in [-0.3, -0.25) is 9.00 Å². The van der Waals surface area contributed by atoms with Crippen LogP contribution >= 0.6 is 0 Å². The number of anilines is 1. The van der Waals surface area contributed by atoms with Crippen molar-refractivity contribution in [3.05, 3.63) is 18.2 Å². The molecule has 7 heteroatoms. The second-order valence-corrected chi connectivity index (χ2v) is 5.74. The van der Waals surface area contributed by atoms with E-state index in [2.05, 4.69) is 5.32 Å². The van der Waals surface area contributed by atoms with E-state index in [0.717, 1.165) is 6.42 Å². The number of carbonyl (C=O) groups excluding carboxylic acids is 1. The molecule has 6 nitrogen and oxygen atoms in total. The first-order valence-corrected chi connectivity index (χ1v) is 8.06. The van der Waals surface area contributed by atoms with Crippen molar-refractivity contribution in [1.29, 1.82) is 0 Å². The van der Waals surface area contributed by atoms with Gasteiger partial charge in [-0.1, -0.05) is 0 Å². The number of hydrogen-bond donors (Lipinski definition) is 2. The number of amides is 1. The van der Waals surface area contributed by atoms with Crippen LogP contribution in [0.1, 0.15) is 13.3 Å². The fraction of sp³-hybridized carbons (Fsp3) is 0.500. The number of methoxy groups -OCH3 is 1. The van der Waals surface area contributed by atoms with Crippen molar-refractivity contribution in [3.63, 3.8) is 0 Å². The Labute approximate surface area is 127 Å². The third kappa shape index (κ3) is 6.14. The number of nitrogen functional groups attached to an aromatic ring is 1. The van der Waals surface area contributed by atoms with Crippen molar-refractivity contribution in [1.82, 2.24) is 5.32 Å². The topological polar surface area (TPSA) is 90.7 Å². The predicted molar refractivity (Wildman–Crippen MR) is 82.8 cm³/mol. The summed E-state index contributed by atoms with van der Waals surface area (Å²) >= 11 is 0. The molecule has 0 spiro atoms. The van der Waals surface area contributed by atoms with Crippen LogP contribution in [0.2, 0.25) is 0 Å².